The van der Waals surface area contributed by atoms with Crippen molar-refractivity contribution in [2.24, 2.45) is 11.8 Å². The molecule has 5 heteroatoms. The highest BCUT2D eigenvalue weighted by Crippen LogP contribution is 2.35. The van der Waals surface area contributed by atoms with E-state index >= 15 is 0 Å². The monoisotopic (exact) mass is 324 g/mol. The van der Waals surface area contributed by atoms with E-state index in [9.17, 15) is 4.79 Å². The normalized spacial score (nSPS) is 30.1. The summed E-state index contributed by atoms with van der Waals surface area (Å²) in [5.41, 5.74) is 0. The number of allylic oxidation sites excluding steroid dienone is 2. The number of thioether (sulfide) groups is 1. The zero-order chi connectivity index (χ0) is 15.4. The van der Waals surface area contributed by atoms with E-state index < -0.39 is 0 Å². The molecule has 0 aromatic carbocycles. The van der Waals surface area contributed by atoms with Crippen LogP contribution >= 0.6 is 11.8 Å². The lowest BCUT2D eigenvalue weighted by Gasteiger charge is -2.37. The summed E-state index contributed by atoms with van der Waals surface area (Å²) in [5, 5.41) is 3.22. The Balaban J connectivity index is 1.51. The van der Waals surface area contributed by atoms with Crippen molar-refractivity contribution in [3.8, 4) is 0 Å². The maximum atomic E-state index is 12.5. The number of rotatable bonds is 4. The quantitative estimate of drug-likeness (QED) is 0.809. The Bertz CT molecular complexity index is 399. The third-order valence-electron chi connectivity index (χ3n) is 5.32. The van der Waals surface area contributed by atoms with Crippen molar-refractivity contribution >= 4 is 17.8 Å². The first kappa shape index (κ1) is 16.2. The molecule has 0 spiro atoms. The van der Waals surface area contributed by atoms with E-state index in [2.05, 4.69) is 24.4 Å². The largest absolute Gasteiger partial charge is 0.381 e. The van der Waals surface area contributed by atoms with E-state index in [0.29, 0.717) is 11.8 Å². The first-order valence-electron chi connectivity index (χ1n) is 8.62. The number of likely N-dealkylation sites (tertiary alicyclic amines) is 1. The minimum atomic E-state index is 0.136. The van der Waals surface area contributed by atoms with Gasteiger partial charge in [0.25, 0.3) is 0 Å². The van der Waals surface area contributed by atoms with Gasteiger partial charge in [0.1, 0.15) is 0 Å². The van der Waals surface area contributed by atoms with Crippen LogP contribution in [0.15, 0.2) is 12.2 Å². The van der Waals surface area contributed by atoms with Gasteiger partial charge in [-0.1, -0.05) is 19.1 Å². The van der Waals surface area contributed by atoms with Crippen LogP contribution in [0.2, 0.25) is 0 Å². The number of hydrogen-bond acceptors (Lipinski definition) is 3. The third-order valence-corrected chi connectivity index (χ3v) is 6.78. The standard InChI is InChI=1S/C17H28N2O2S/c1-2-22-17(7-9-21-10-8-17)13-18-16(20)19-11-14-5-3-4-6-15(14)12-19/h3-4,14-15H,2,5-13H2,1H3,(H,18,20)/t14-,15-/m0/s1. The molecule has 3 aliphatic rings. The molecule has 0 aromatic heterocycles. The minimum absolute atomic E-state index is 0.136. The van der Waals surface area contributed by atoms with Gasteiger partial charge in [0.15, 0.2) is 0 Å². The molecule has 0 aromatic rings. The predicted octanol–water partition coefficient (Wildman–Crippen LogP) is 2.90. The molecule has 2 fully saturated rings. The molecule has 3 rings (SSSR count). The summed E-state index contributed by atoms with van der Waals surface area (Å²) >= 11 is 1.98. The summed E-state index contributed by atoms with van der Waals surface area (Å²) in [6, 6.07) is 0.136. The molecular formula is C17H28N2O2S. The Morgan fingerprint density at radius 1 is 1.27 bits per heavy atom. The predicted molar refractivity (Wildman–Crippen MR) is 91.2 cm³/mol. The molecule has 2 heterocycles. The Morgan fingerprint density at radius 2 is 1.91 bits per heavy atom. The van der Waals surface area contributed by atoms with E-state index in [-0.39, 0.29) is 10.8 Å². The van der Waals surface area contributed by atoms with Gasteiger partial charge < -0.3 is 15.0 Å². The molecule has 2 aliphatic heterocycles. The minimum Gasteiger partial charge on any atom is -0.381 e. The average molecular weight is 324 g/mol. The summed E-state index contributed by atoms with van der Waals surface area (Å²) in [6.45, 7) is 6.47. The van der Waals surface area contributed by atoms with E-state index in [1.165, 1.54) is 0 Å². The zero-order valence-electron chi connectivity index (χ0n) is 13.6. The molecule has 2 saturated heterocycles. The summed E-state index contributed by atoms with van der Waals surface area (Å²) in [6.07, 6.45) is 8.92. The van der Waals surface area contributed by atoms with E-state index in [1.807, 2.05) is 16.7 Å². The Labute approximate surface area is 138 Å². The number of urea groups is 1. The summed E-state index contributed by atoms with van der Waals surface area (Å²) in [4.78, 5) is 14.6. The number of carbonyl (C=O) groups is 1. The van der Waals surface area contributed by atoms with E-state index in [4.69, 9.17) is 4.74 Å². The number of hydrogen-bond donors (Lipinski definition) is 1. The van der Waals surface area contributed by atoms with Gasteiger partial charge in [-0.05, 0) is 43.3 Å². The fraction of sp³-hybridized carbons (Fsp3) is 0.824. The molecule has 124 valence electrons. The van der Waals surface area contributed by atoms with Crippen LogP contribution in [0.1, 0.15) is 32.6 Å². The molecule has 1 aliphatic carbocycles. The van der Waals surface area contributed by atoms with Crippen LogP contribution in [0.4, 0.5) is 4.79 Å². The second-order valence-corrected chi connectivity index (χ2v) is 8.49. The molecule has 0 saturated carbocycles. The van der Waals surface area contributed by atoms with Gasteiger partial charge in [0.05, 0.1) is 0 Å². The lowest BCUT2D eigenvalue weighted by atomic mass is 9.86. The Hall–Kier alpha value is -0.680. The number of carbonyl (C=O) groups excluding carboxylic acids is 1. The molecule has 0 radical (unpaired) electrons. The van der Waals surface area contributed by atoms with Gasteiger partial charge in [0, 0.05) is 37.6 Å². The van der Waals surface area contributed by atoms with Gasteiger partial charge in [-0.2, -0.15) is 11.8 Å². The van der Waals surface area contributed by atoms with Crippen molar-refractivity contribution in [2.45, 2.75) is 37.4 Å². The van der Waals surface area contributed by atoms with Crippen LogP contribution in [-0.2, 0) is 4.74 Å². The number of ether oxygens (including phenoxy) is 1. The average Bonchev–Trinajstić information content (AvgIpc) is 2.98. The Morgan fingerprint density at radius 3 is 2.50 bits per heavy atom. The second kappa shape index (κ2) is 7.26. The van der Waals surface area contributed by atoms with Crippen molar-refractivity contribution in [3.63, 3.8) is 0 Å². The first-order chi connectivity index (χ1) is 10.7. The van der Waals surface area contributed by atoms with Gasteiger partial charge in [0.2, 0.25) is 0 Å². The van der Waals surface area contributed by atoms with Crippen molar-refractivity contribution in [2.75, 3.05) is 38.6 Å². The van der Waals surface area contributed by atoms with Crippen molar-refractivity contribution < 1.29 is 9.53 Å². The molecule has 1 N–H and O–H groups in total. The van der Waals surface area contributed by atoms with Gasteiger partial charge in [-0.15, -0.1) is 0 Å². The van der Waals surface area contributed by atoms with Crippen LogP contribution in [-0.4, -0.2) is 54.3 Å². The van der Waals surface area contributed by atoms with E-state index in [0.717, 1.165) is 64.3 Å². The highest BCUT2D eigenvalue weighted by Gasteiger charge is 2.37. The van der Waals surface area contributed by atoms with Gasteiger partial charge in [-0.3, -0.25) is 0 Å². The highest BCUT2D eigenvalue weighted by molar-refractivity contribution is 8.00. The van der Waals surface area contributed by atoms with Crippen molar-refractivity contribution in [1.29, 1.82) is 0 Å². The highest BCUT2D eigenvalue weighted by atomic mass is 32.2. The molecule has 0 bridgehead atoms. The molecule has 22 heavy (non-hydrogen) atoms. The molecule has 0 unspecified atom stereocenters. The van der Waals surface area contributed by atoms with Crippen LogP contribution in [0.25, 0.3) is 0 Å². The van der Waals surface area contributed by atoms with Gasteiger partial charge >= 0.3 is 6.03 Å². The number of nitrogens with one attached hydrogen (secondary N) is 1. The maximum absolute atomic E-state index is 12.5. The van der Waals surface area contributed by atoms with Gasteiger partial charge in [-0.25, -0.2) is 4.79 Å². The number of amides is 2. The molecule has 2 amide bonds. The second-order valence-electron chi connectivity index (χ2n) is 6.76. The topological polar surface area (TPSA) is 41.6 Å². The van der Waals surface area contributed by atoms with Crippen LogP contribution in [0.3, 0.4) is 0 Å². The van der Waals surface area contributed by atoms with Crippen molar-refractivity contribution in [3.05, 3.63) is 12.2 Å². The Kier molecular flexibility index (Phi) is 5.34. The zero-order valence-corrected chi connectivity index (χ0v) is 14.4. The van der Waals surface area contributed by atoms with E-state index in [1.54, 1.807) is 0 Å². The van der Waals surface area contributed by atoms with Crippen LogP contribution < -0.4 is 5.32 Å². The third kappa shape index (κ3) is 3.62. The SMILES string of the molecule is CCSC1(CNC(=O)N2C[C@@H]3CC=CC[C@H]3C2)CCOCC1. The lowest BCUT2D eigenvalue weighted by molar-refractivity contribution is 0.0772. The summed E-state index contributed by atoms with van der Waals surface area (Å²) in [5.74, 6) is 2.45. The first-order valence-corrected chi connectivity index (χ1v) is 9.60. The molecule has 2 atom stereocenters. The summed E-state index contributed by atoms with van der Waals surface area (Å²) < 4.78 is 5.68. The molecular weight excluding hydrogens is 296 g/mol. The van der Waals surface area contributed by atoms with Crippen LogP contribution in [0.5, 0.6) is 0 Å². The maximum Gasteiger partial charge on any atom is 0.317 e. The molecule has 4 nitrogen and oxygen atoms in total. The van der Waals surface area contributed by atoms with Crippen LogP contribution in [0, 0.1) is 11.8 Å². The van der Waals surface area contributed by atoms with Crippen molar-refractivity contribution in [1.82, 2.24) is 10.2 Å². The lowest BCUT2D eigenvalue weighted by Crippen LogP contribution is -2.48. The summed E-state index contributed by atoms with van der Waals surface area (Å²) in [7, 11) is 0. The number of nitrogens with zero attached hydrogens (tertiary/aromatic N) is 1. The fourth-order valence-electron chi connectivity index (χ4n) is 3.95. The fourth-order valence-corrected chi connectivity index (χ4v) is 5.19. The number of fused-ring (bicyclic) bond motifs is 1. The smallest absolute Gasteiger partial charge is 0.317 e.